The summed E-state index contributed by atoms with van der Waals surface area (Å²) in [5.41, 5.74) is 0.712. The number of amides is 1. The Bertz CT molecular complexity index is 1240. The molecule has 0 spiro atoms. The van der Waals surface area contributed by atoms with Crippen molar-refractivity contribution in [3.05, 3.63) is 58.6 Å². The van der Waals surface area contributed by atoms with Gasteiger partial charge >= 0.3 is 0 Å². The predicted molar refractivity (Wildman–Crippen MR) is 106 cm³/mol. The summed E-state index contributed by atoms with van der Waals surface area (Å²) in [7, 11) is 1.69. The molecule has 2 N–H and O–H groups in total. The smallest absolute Gasteiger partial charge is 0.266 e. The summed E-state index contributed by atoms with van der Waals surface area (Å²) in [4.78, 5) is 32.1. The number of aryl methyl sites for hydroxylation is 2. The fourth-order valence-corrected chi connectivity index (χ4v) is 2.86. The third kappa shape index (κ3) is 3.59. The number of aromatic amines is 1. The van der Waals surface area contributed by atoms with Gasteiger partial charge in [-0.2, -0.15) is 19.9 Å². The lowest BCUT2D eigenvalue weighted by Crippen LogP contribution is -2.31. The van der Waals surface area contributed by atoms with Gasteiger partial charge in [0.25, 0.3) is 11.5 Å². The Labute approximate surface area is 165 Å². The van der Waals surface area contributed by atoms with Gasteiger partial charge in [-0.25, -0.2) is 0 Å². The molecular formula is C19H19N7O3. The molecule has 0 aliphatic rings. The van der Waals surface area contributed by atoms with Crippen LogP contribution in [0.1, 0.15) is 12.6 Å². The van der Waals surface area contributed by atoms with E-state index in [1.54, 1.807) is 39.1 Å². The lowest BCUT2D eigenvalue weighted by Gasteiger charge is -2.15. The standard InChI is InChI=1S/C19H19N7O3/c1-11-9-15(21-17(27)12(2)29-13-7-5-4-6-8-13)26(24-11)19-22-16-14(18(28)23-19)10-20-25(16)3/h4-10,12H,1-3H3,(H,21,27)(H,22,23,28). The fraction of sp³-hybridized carbons (Fsp3) is 0.211. The molecule has 0 aliphatic heterocycles. The van der Waals surface area contributed by atoms with Gasteiger partial charge in [-0.05, 0) is 26.0 Å². The molecule has 10 nitrogen and oxygen atoms in total. The van der Waals surface area contributed by atoms with Crippen molar-refractivity contribution in [2.24, 2.45) is 7.05 Å². The third-order valence-electron chi connectivity index (χ3n) is 4.30. The third-order valence-corrected chi connectivity index (χ3v) is 4.30. The highest BCUT2D eigenvalue weighted by Gasteiger charge is 2.19. The largest absolute Gasteiger partial charge is 0.481 e. The SMILES string of the molecule is Cc1cc(NC(=O)C(C)Oc2ccccc2)n(-c2nc3c(cnn3C)c(=O)[nH]2)n1. The van der Waals surface area contributed by atoms with Gasteiger partial charge < -0.3 is 10.1 Å². The van der Waals surface area contributed by atoms with Crippen molar-refractivity contribution in [1.29, 1.82) is 0 Å². The summed E-state index contributed by atoms with van der Waals surface area (Å²) >= 11 is 0. The second-order valence-electron chi connectivity index (χ2n) is 6.54. The molecule has 0 radical (unpaired) electrons. The number of hydrogen-bond donors (Lipinski definition) is 2. The summed E-state index contributed by atoms with van der Waals surface area (Å²) in [6, 6.07) is 10.8. The molecule has 3 aromatic heterocycles. The summed E-state index contributed by atoms with van der Waals surface area (Å²) in [5.74, 6) is 0.762. The van der Waals surface area contributed by atoms with Crippen LogP contribution >= 0.6 is 0 Å². The summed E-state index contributed by atoms with van der Waals surface area (Å²) in [5, 5.41) is 11.5. The lowest BCUT2D eigenvalue weighted by molar-refractivity contribution is -0.122. The van der Waals surface area contributed by atoms with E-state index in [4.69, 9.17) is 4.74 Å². The Morgan fingerprint density at radius 2 is 2.03 bits per heavy atom. The number of ether oxygens (including phenoxy) is 1. The van der Waals surface area contributed by atoms with E-state index in [0.29, 0.717) is 28.3 Å². The molecule has 148 valence electrons. The van der Waals surface area contributed by atoms with Gasteiger partial charge in [0.05, 0.1) is 11.9 Å². The molecule has 1 aromatic carbocycles. The molecular weight excluding hydrogens is 374 g/mol. The fourth-order valence-electron chi connectivity index (χ4n) is 2.86. The second kappa shape index (κ2) is 7.23. The molecule has 0 aliphatic carbocycles. The van der Waals surface area contributed by atoms with E-state index in [0.717, 1.165) is 0 Å². The minimum Gasteiger partial charge on any atom is -0.481 e. The van der Waals surface area contributed by atoms with Crippen LogP contribution in [0.2, 0.25) is 0 Å². The van der Waals surface area contributed by atoms with Crippen LogP contribution in [0.5, 0.6) is 5.75 Å². The number of carbonyl (C=O) groups is 1. The van der Waals surface area contributed by atoms with E-state index < -0.39 is 6.10 Å². The first-order chi connectivity index (χ1) is 13.9. The van der Waals surface area contributed by atoms with Gasteiger partial charge in [-0.1, -0.05) is 18.2 Å². The average molecular weight is 393 g/mol. The van der Waals surface area contributed by atoms with E-state index >= 15 is 0 Å². The number of H-pyrrole nitrogens is 1. The van der Waals surface area contributed by atoms with Crippen LogP contribution in [0.3, 0.4) is 0 Å². The van der Waals surface area contributed by atoms with Gasteiger partial charge in [0, 0.05) is 13.1 Å². The number of carbonyl (C=O) groups excluding carboxylic acids is 1. The number of nitrogens with zero attached hydrogens (tertiary/aromatic N) is 5. The van der Waals surface area contributed by atoms with Crippen LogP contribution in [-0.2, 0) is 11.8 Å². The first-order valence-corrected chi connectivity index (χ1v) is 8.94. The lowest BCUT2D eigenvalue weighted by atomic mass is 10.3. The molecule has 10 heteroatoms. The Balaban J connectivity index is 1.63. The molecule has 3 heterocycles. The Morgan fingerprint density at radius 3 is 2.79 bits per heavy atom. The first kappa shape index (κ1) is 18.4. The topological polar surface area (TPSA) is 120 Å². The van der Waals surface area contributed by atoms with E-state index in [-0.39, 0.29) is 17.4 Å². The molecule has 0 saturated carbocycles. The van der Waals surface area contributed by atoms with E-state index in [9.17, 15) is 9.59 Å². The monoisotopic (exact) mass is 393 g/mol. The minimum atomic E-state index is -0.743. The van der Waals surface area contributed by atoms with Crippen molar-refractivity contribution < 1.29 is 9.53 Å². The van der Waals surface area contributed by atoms with Gasteiger partial charge in [-0.3, -0.25) is 19.3 Å². The van der Waals surface area contributed by atoms with Gasteiger partial charge in [-0.15, -0.1) is 0 Å². The molecule has 0 saturated heterocycles. The molecule has 4 aromatic rings. The number of aromatic nitrogens is 6. The number of rotatable bonds is 5. The van der Waals surface area contributed by atoms with Crippen molar-refractivity contribution in [2.45, 2.75) is 20.0 Å². The van der Waals surface area contributed by atoms with Crippen LogP contribution in [0.25, 0.3) is 17.0 Å². The highest BCUT2D eigenvalue weighted by atomic mass is 16.5. The van der Waals surface area contributed by atoms with Gasteiger partial charge in [0.1, 0.15) is 17.0 Å². The number of hydrogen-bond acceptors (Lipinski definition) is 6. The van der Waals surface area contributed by atoms with Gasteiger partial charge in [0.2, 0.25) is 5.95 Å². The maximum atomic E-state index is 12.6. The summed E-state index contributed by atoms with van der Waals surface area (Å²) in [6.07, 6.45) is 0.706. The highest BCUT2D eigenvalue weighted by Crippen LogP contribution is 2.17. The number of anilines is 1. The number of benzene rings is 1. The van der Waals surface area contributed by atoms with Gasteiger partial charge in [0.15, 0.2) is 11.8 Å². The van der Waals surface area contributed by atoms with Crippen molar-refractivity contribution >= 4 is 22.8 Å². The number of para-hydroxylation sites is 1. The van der Waals surface area contributed by atoms with Crippen molar-refractivity contribution in [1.82, 2.24) is 29.5 Å². The zero-order valence-corrected chi connectivity index (χ0v) is 16.1. The Hall–Kier alpha value is -3.95. The molecule has 1 unspecified atom stereocenters. The quantitative estimate of drug-likeness (QED) is 0.531. The Kier molecular flexibility index (Phi) is 4.59. The van der Waals surface area contributed by atoms with Crippen molar-refractivity contribution in [3.8, 4) is 11.7 Å². The van der Waals surface area contributed by atoms with Crippen LogP contribution in [0, 0.1) is 6.92 Å². The van der Waals surface area contributed by atoms with E-state index in [2.05, 4.69) is 25.5 Å². The zero-order valence-electron chi connectivity index (χ0n) is 16.1. The summed E-state index contributed by atoms with van der Waals surface area (Å²) < 4.78 is 8.53. The summed E-state index contributed by atoms with van der Waals surface area (Å²) in [6.45, 7) is 3.43. The van der Waals surface area contributed by atoms with Crippen LogP contribution < -0.4 is 15.6 Å². The normalized spacial score (nSPS) is 12.1. The van der Waals surface area contributed by atoms with E-state index in [1.807, 2.05) is 18.2 Å². The second-order valence-corrected chi connectivity index (χ2v) is 6.54. The average Bonchev–Trinajstić information content (AvgIpc) is 3.25. The predicted octanol–water partition coefficient (Wildman–Crippen LogP) is 1.56. The molecule has 29 heavy (non-hydrogen) atoms. The number of fused-ring (bicyclic) bond motifs is 1. The maximum absolute atomic E-state index is 12.6. The molecule has 4 rings (SSSR count). The molecule has 0 fully saturated rings. The van der Waals surface area contributed by atoms with Crippen molar-refractivity contribution in [2.75, 3.05) is 5.32 Å². The van der Waals surface area contributed by atoms with Crippen LogP contribution in [0.4, 0.5) is 5.82 Å². The molecule has 0 bridgehead atoms. The highest BCUT2D eigenvalue weighted by molar-refractivity contribution is 5.93. The molecule has 1 atom stereocenters. The van der Waals surface area contributed by atoms with Crippen LogP contribution in [0.15, 0.2) is 47.4 Å². The van der Waals surface area contributed by atoms with Crippen molar-refractivity contribution in [3.63, 3.8) is 0 Å². The van der Waals surface area contributed by atoms with E-state index in [1.165, 1.54) is 15.6 Å². The van der Waals surface area contributed by atoms with Crippen LogP contribution in [-0.4, -0.2) is 41.5 Å². The Morgan fingerprint density at radius 1 is 1.28 bits per heavy atom. The molecule has 1 amide bonds. The zero-order chi connectivity index (χ0) is 20.5. The number of nitrogens with one attached hydrogen (secondary N) is 2. The minimum absolute atomic E-state index is 0.172. The maximum Gasteiger partial charge on any atom is 0.266 e. The first-order valence-electron chi connectivity index (χ1n) is 8.94.